The predicted octanol–water partition coefficient (Wildman–Crippen LogP) is 4.19. The van der Waals surface area contributed by atoms with Crippen molar-refractivity contribution in [3.8, 4) is 29.5 Å². The Morgan fingerprint density at radius 2 is 1.89 bits per heavy atom. The van der Waals surface area contributed by atoms with E-state index in [1.54, 1.807) is 0 Å². The van der Waals surface area contributed by atoms with E-state index >= 15 is 0 Å². The van der Waals surface area contributed by atoms with E-state index in [0.717, 1.165) is 43.5 Å². The van der Waals surface area contributed by atoms with Gasteiger partial charge < -0.3 is 23.9 Å². The number of carbonyl (C=O) groups is 1. The first-order valence-corrected chi connectivity index (χ1v) is 15.4. The molecule has 0 spiro atoms. The molecule has 11 nitrogen and oxygen atoms in total. The highest BCUT2D eigenvalue weighted by Crippen LogP contribution is 2.31. The topological polar surface area (TPSA) is 136 Å². The molecule has 2 aliphatic heterocycles. The van der Waals surface area contributed by atoms with Crippen molar-refractivity contribution in [2.24, 2.45) is 5.92 Å². The van der Waals surface area contributed by atoms with Crippen LogP contribution < -0.4 is 9.47 Å². The number of rotatable bonds is 11. The Morgan fingerprint density at radius 1 is 1.06 bits per heavy atom. The van der Waals surface area contributed by atoms with Gasteiger partial charge in [0, 0.05) is 25.8 Å². The molecule has 3 aliphatic rings. The number of carboxylic acids is 1. The Morgan fingerprint density at radius 3 is 2.57 bits per heavy atom. The minimum Gasteiger partial charge on any atom is -0.484 e. The van der Waals surface area contributed by atoms with Gasteiger partial charge >= 0.3 is 5.97 Å². The van der Waals surface area contributed by atoms with Crippen LogP contribution in [-0.2, 0) is 29.2 Å². The SMILES string of the molecule is N#Cc1ccc(OCc2nc(OC3CCN(Cc4nc5ccc(C6C#CC6C(=O)O)nc5n4C[C@@H]4CCO4)CC3)ccc2F)c(F)c1. The highest BCUT2D eigenvalue weighted by molar-refractivity contribution is 5.79. The molecule has 5 heterocycles. The zero-order chi connectivity index (χ0) is 32.5. The number of halogens is 2. The maximum Gasteiger partial charge on any atom is 0.320 e. The summed E-state index contributed by atoms with van der Waals surface area (Å²) in [5, 5.41) is 18.4. The molecular formula is C34H30F2N6O5. The van der Waals surface area contributed by atoms with Crippen molar-refractivity contribution >= 4 is 17.1 Å². The maximum atomic E-state index is 14.5. The average Bonchev–Trinajstić information content (AvgIpc) is 3.35. The lowest BCUT2D eigenvalue weighted by Crippen LogP contribution is -2.39. The van der Waals surface area contributed by atoms with Crippen LogP contribution >= 0.6 is 0 Å². The van der Waals surface area contributed by atoms with E-state index in [2.05, 4.69) is 26.3 Å². The molecule has 1 aliphatic carbocycles. The van der Waals surface area contributed by atoms with Crippen LogP contribution in [0.1, 0.15) is 48.0 Å². The standard InChI is InChI=1S/C34H30F2N6O5/c35-25-4-8-32(39-29(25)19-46-30-7-1-20(16-37)15-26(30)36)47-21-9-12-41(13-10-21)18-31-38-28-6-5-27(23-2-3-24(23)34(43)44)40-33(28)42(31)17-22-11-14-45-22/h1,4-8,15,21-24H,9-14,17-19H2,(H,43,44)/t22-,23?,24?/m0/s1. The van der Waals surface area contributed by atoms with E-state index in [0.29, 0.717) is 37.3 Å². The van der Waals surface area contributed by atoms with Gasteiger partial charge in [0.2, 0.25) is 5.88 Å². The minimum atomic E-state index is -0.943. The quantitative estimate of drug-likeness (QED) is 0.238. The van der Waals surface area contributed by atoms with Gasteiger partial charge in [-0.05, 0) is 55.7 Å². The van der Waals surface area contributed by atoms with E-state index in [1.165, 1.54) is 24.3 Å². The van der Waals surface area contributed by atoms with Crippen LogP contribution in [0.3, 0.4) is 0 Å². The number of carboxylic acid groups (broad SMARTS) is 1. The van der Waals surface area contributed by atoms with E-state index in [9.17, 15) is 18.7 Å². The lowest BCUT2D eigenvalue weighted by molar-refractivity contribution is -0.140. The van der Waals surface area contributed by atoms with Gasteiger partial charge in [0.05, 0.1) is 42.4 Å². The van der Waals surface area contributed by atoms with Crippen molar-refractivity contribution in [1.29, 1.82) is 5.26 Å². The van der Waals surface area contributed by atoms with Crippen molar-refractivity contribution in [2.45, 2.75) is 57.1 Å². The van der Waals surface area contributed by atoms with Gasteiger partial charge in [0.15, 0.2) is 17.2 Å². The number of ether oxygens (including phenoxy) is 3. The molecule has 0 radical (unpaired) electrons. The number of likely N-dealkylation sites (tertiary alicyclic amines) is 1. The molecule has 2 unspecified atom stereocenters. The summed E-state index contributed by atoms with van der Waals surface area (Å²) < 4.78 is 48.0. The van der Waals surface area contributed by atoms with Crippen molar-refractivity contribution in [1.82, 2.24) is 24.4 Å². The molecule has 0 bridgehead atoms. The van der Waals surface area contributed by atoms with Gasteiger partial charge in [-0.15, -0.1) is 0 Å². The van der Waals surface area contributed by atoms with E-state index in [1.807, 2.05) is 18.2 Å². The molecule has 1 aromatic carbocycles. The largest absolute Gasteiger partial charge is 0.484 e. The Bertz CT molecular complexity index is 1940. The van der Waals surface area contributed by atoms with Crippen LogP contribution in [0, 0.1) is 40.7 Å². The number of piperidine rings is 1. The average molecular weight is 641 g/mol. The second kappa shape index (κ2) is 12.9. The van der Waals surface area contributed by atoms with E-state index < -0.39 is 29.4 Å². The highest BCUT2D eigenvalue weighted by Gasteiger charge is 2.34. The molecule has 2 saturated heterocycles. The Labute approximate surface area is 268 Å². The fourth-order valence-electron chi connectivity index (χ4n) is 5.90. The fourth-order valence-corrected chi connectivity index (χ4v) is 5.90. The zero-order valence-electron chi connectivity index (χ0n) is 25.2. The summed E-state index contributed by atoms with van der Waals surface area (Å²) in [7, 11) is 0. The van der Waals surface area contributed by atoms with Crippen molar-refractivity contribution < 1.29 is 32.9 Å². The third-order valence-electron chi connectivity index (χ3n) is 8.69. The zero-order valence-corrected chi connectivity index (χ0v) is 25.2. The Hall–Kier alpha value is -5.11. The number of fused-ring (bicyclic) bond motifs is 1. The predicted molar refractivity (Wildman–Crippen MR) is 162 cm³/mol. The fraction of sp³-hybridized carbons (Fsp3) is 0.382. The second-order valence-electron chi connectivity index (χ2n) is 11.8. The van der Waals surface area contributed by atoms with Gasteiger partial charge in [-0.1, -0.05) is 11.8 Å². The minimum absolute atomic E-state index is 0.0161. The van der Waals surface area contributed by atoms with Gasteiger partial charge in [-0.25, -0.2) is 23.7 Å². The summed E-state index contributed by atoms with van der Waals surface area (Å²) in [5.41, 5.74) is 2.22. The summed E-state index contributed by atoms with van der Waals surface area (Å²) in [4.78, 5) is 27.8. The normalized spacial score (nSPS) is 20.8. The molecular weight excluding hydrogens is 610 g/mol. The molecule has 13 heteroatoms. The monoisotopic (exact) mass is 640 g/mol. The summed E-state index contributed by atoms with van der Waals surface area (Å²) in [6.07, 6.45) is 2.33. The number of hydrogen-bond donors (Lipinski definition) is 1. The number of aromatic nitrogens is 4. The Kier molecular flexibility index (Phi) is 8.41. The van der Waals surface area contributed by atoms with Crippen molar-refractivity contribution in [3.05, 3.63) is 76.9 Å². The molecule has 2 fully saturated rings. The second-order valence-corrected chi connectivity index (χ2v) is 11.8. The number of aliphatic carboxylic acids is 1. The molecule has 7 rings (SSSR count). The van der Waals surface area contributed by atoms with Gasteiger partial charge in [-0.3, -0.25) is 9.69 Å². The number of nitrogens with zero attached hydrogens (tertiary/aromatic N) is 6. The lowest BCUT2D eigenvalue weighted by Gasteiger charge is -2.32. The first-order valence-electron chi connectivity index (χ1n) is 15.4. The molecule has 1 N–H and O–H groups in total. The summed E-state index contributed by atoms with van der Waals surface area (Å²) in [5.74, 6) is 3.22. The van der Waals surface area contributed by atoms with Crippen molar-refractivity contribution in [3.63, 3.8) is 0 Å². The van der Waals surface area contributed by atoms with E-state index in [4.69, 9.17) is 29.4 Å². The molecule has 47 heavy (non-hydrogen) atoms. The van der Waals surface area contributed by atoms with Gasteiger partial charge in [0.25, 0.3) is 0 Å². The maximum absolute atomic E-state index is 14.5. The lowest BCUT2D eigenvalue weighted by atomic mass is 9.83. The molecule has 4 aromatic rings. The van der Waals surface area contributed by atoms with Crippen LogP contribution in [0.15, 0.2) is 42.5 Å². The van der Waals surface area contributed by atoms with Crippen LogP contribution in [0.5, 0.6) is 11.6 Å². The molecule has 0 saturated carbocycles. The molecule has 240 valence electrons. The number of nitriles is 1. The molecule has 3 atom stereocenters. The van der Waals surface area contributed by atoms with Crippen LogP contribution in [0.2, 0.25) is 0 Å². The third-order valence-corrected chi connectivity index (χ3v) is 8.69. The molecule has 3 aromatic heterocycles. The third kappa shape index (κ3) is 6.45. The number of benzene rings is 1. The summed E-state index contributed by atoms with van der Waals surface area (Å²) >= 11 is 0. The van der Waals surface area contributed by atoms with E-state index in [-0.39, 0.29) is 41.7 Å². The Balaban J connectivity index is 0.989. The van der Waals surface area contributed by atoms with Crippen LogP contribution in [-0.4, -0.2) is 67.4 Å². The number of imidazole rings is 1. The number of hydrogen-bond acceptors (Lipinski definition) is 9. The summed E-state index contributed by atoms with van der Waals surface area (Å²) in [6, 6.07) is 12.1. The van der Waals surface area contributed by atoms with Crippen molar-refractivity contribution in [2.75, 3.05) is 19.7 Å². The molecule has 0 amide bonds. The smallest absolute Gasteiger partial charge is 0.320 e. The van der Waals surface area contributed by atoms with Gasteiger partial charge in [-0.2, -0.15) is 5.26 Å². The van der Waals surface area contributed by atoms with Crippen LogP contribution in [0.25, 0.3) is 11.2 Å². The highest BCUT2D eigenvalue weighted by atomic mass is 19.1. The summed E-state index contributed by atoms with van der Waals surface area (Å²) in [6.45, 7) is 3.10. The number of pyridine rings is 2. The van der Waals surface area contributed by atoms with Crippen LogP contribution in [0.4, 0.5) is 8.78 Å². The first-order chi connectivity index (χ1) is 22.8. The first kappa shape index (κ1) is 30.5. The van der Waals surface area contributed by atoms with Gasteiger partial charge in [0.1, 0.15) is 41.5 Å².